The van der Waals surface area contributed by atoms with Crippen molar-refractivity contribution in [3.05, 3.63) is 0 Å². The van der Waals surface area contributed by atoms with E-state index >= 15 is 0 Å². The third-order valence-corrected chi connectivity index (χ3v) is 4.03. The van der Waals surface area contributed by atoms with Crippen molar-refractivity contribution >= 4 is 11.0 Å². The monoisotopic (exact) mass is 204 g/mol. The smallest absolute Gasteiger partial charge is 0.0946 e. The molecule has 1 unspecified atom stereocenters. The largest absolute Gasteiger partial charge is 0.317 e. The zero-order valence-corrected chi connectivity index (χ0v) is 9.32. The second-order valence-corrected chi connectivity index (χ2v) is 5.12. The highest BCUT2D eigenvalue weighted by molar-refractivity contribution is 7.84. The molecule has 2 atom stereocenters. The van der Waals surface area contributed by atoms with Crippen LogP contribution in [-0.2, 0) is 11.0 Å². The quantitative estimate of drug-likeness (QED) is 0.644. The van der Waals surface area contributed by atoms with E-state index in [-0.39, 0.29) is 0 Å². The SMILES string of the molecule is CC[C@H](CCNS(=O)C1CC1)NC. The normalized spacial score (nSPS) is 21.4. The van der Waals surface area contributed by atoms with Gasteiger partial charge in [-0.1, -0.05) is 6.92 Å². The van der Waals surface area contributed by atoms with Crippen molar-refractivity contribution < 1.29 is 4.21 Å². The van der Waals surface area contributed by atoms with E-state index in [9.17, 15) is 4.21 Å². The minimum atomic E-state index is -0.759. The molecule has 1 saturated carbocycles. The summed E-state index contributed by atoms with van der Waals surface area (Å²) in [5.74, 6) is 0. The molecule has 0 spiro atoms. The molecule has 0 amide bonds. The molecule has 1 aliphatic rings. The highest BCUT2D eigenvalue weighted by Crippen LogP contribution is 2.24. The zero-order valence-electron chi connectivity index (χ0n) is 8.51. The highest BCUT2D eigenvalue weighted by atomic mass is 32.2. The van der Waals surface area contributed by atoms with Gasteiger partial charge in [-0.25, -0.2) is 8.93 Å². The van der Waals surface area contributed by atoms with E-state index in [0.29, 0.717) is 11.3 Å². The van der Waals surface area contributed by atoms with Gasteiger partial charge >= 0.3 is 0 Å². The number of nitrogens with one attached hydrogen (secondary N) is 2. The molecule has 4 heteroatoms. The van der Waals surface area contributed by atoms with Crippen molar-refractivity contribution in [2.24, 2.45) is 0 Å². The van der Waals surface area contributed by atoms with Crippen molar-refractivity contribution in [1.29, 1.82) is 0 Å². The Morgan fingerprint density at radius 1 is 1.54 bits per heavy atom. The van der Waals surface area contributed by atoms with Gasteiger partial charge < -0.3 is 5.32 Å². The highest BCUT2D eigenvalue weighted by Gasteiger charge is 2.27. The standard InChI is InChI=1S/C9H20N2OS/c1-3-8(10-2)6-7-11-13(12)9-4-5-9/h8-11H,3-7H2,1-2H3/t8-,13?/m1/s1. The van der Waals surface area contributed by atoms with Crippen molar-refractivity contribution in [2.75, 3.05) is 13.6 Å². The molecule has 1 fully saturated rings. The first-order valence-electron chi connectivity index (χ1n) is 5.09. The lowest BCUT2D eigenvalue weighted by molar-refractivity contribution is 0.507. The van der Waals surface area contributed by atoms with Crippen molar-refractivity contribution in [2.45, 2.75) is 43.9 Å². The van der Waals surface area contributed by atoms with Crippen LogP contribution in [0.25, 0.3) is 0 Å². The summed E-state index contributed by atoms with van der Waals surface area (Å²) < 4.78 is 14.4. The van der Waals surface area contributed by atoms with E-state index in [1.54, 1.807) is 0 Å². The van der Waals surface area contributed by atoms with E-state index < -0.39 is 11.0 Å². The Kier molecular flexibility index (Phi) is 4.91. The van der Waals surface area contributed by atoms with Gasteiger partial charge in [-0.05, 0) is 32.7 Å². The average Bonchev–Trinajstić information content (AvgIpc) is 2.95. The Balaban J connectivity index is 2.01. The lowest BCUT2D eigenvalue weighted by Crippen LogP contribution is -2.30. The summed E-state index contributed by atoms with van der Waals surface area (Å²) in [5.41, 5.74) is 0. The van der Waals surface area contributed by atoms with E-state index in [0.717, 1.165) is 32.2 Å². The topological polar surface area (TPSA) is 41.1 Å². The van der Waals surface area contributed by atoms with Crippen molar-refractivity contribution in [1.82, 2.24) is 10.0 Å². The van der Waals surface area contributed by atoms with Crippen molar-refractivity contribution in [3.8, 4) is 0 Å². The molecule has 0 aromatic rings. The number of hydrogen-bond acceptors (Lipinski definition) is 2. The molecule has 0 aromatic carbocycles. The fourth-order valence-corrected chi connectivity index (χ4v) is 2.41. The lowest BCUT2D eigenvalue weighted by atomic mass is 10.1. The van der Waals surface area contributed by atoms with Gasteiger partial charge in [0.2, 0.25) is 0 Å². The van der Waals surface area contributed by atoms with Gasteiger partial charge in [0.05, 0.1) is 11.0 Å². The van der Waals surface area contributed by atoms with Gasteiger partial charge in [0.1, 0.15) is 0 Å². The predicted molar refractivity (Wildman–Crippen MR) is 56.9 cm³/mol. The fraction of sp³-hybridized carbons (Fsp3) is 1.00. The van der Waals surface area contributed by atoms with E-state index in [4.69, 9.17) is 0 Å². The average molecular weight is 204 g/mol. The molecule has 0 bridgehead atoms. The summed E-state index contributed by atoms with van der Waals surface area (Å²) in [4.78, 5) is 0. The molecular weight excluding hydrogens is 184 g/mol. The first kappa shape index (κ1) is 11.1. The Bertz CT molecular complexity index is 167. The summed E-state index contributed by atoms with van der Waals surface area (Å²) in [6.45, 7) is 3.03. The van der Waals surface area contributed by atoms with Crippen LogP contribution in [-0.4, -0.2) is 29.1 Å². The maximum atomic E-state index is 11.3. The van der Waals surface area contributed by atoms with Gasteiger partial charge in [0, 0.05) is 17.8 Å². The first-order chi connectivity index (χ1) is 6.27. The second-order valence-electron chi connectivity index (χ2n) is 3.57. The summed E-state index contributed by atoms with van der Waals surface area (Å²) in [7, 11) is 1.22. The predicted octanol–water partition coefficient (Wildman–Crippen LogP) is 0.790. The first-order valence-corrected chi connectivity index (χ1v) is 6.30. The molecular formula is C9H20N2OS. The summed E-state index contributed by atoms with van der Waals surface area (Å²) >= 11 is 0. The van der Waals surface area contributed by atoms with Gasteiger partial charge in [-0.15, -0.1) is 0 Å². The van der Waals surface area contributed by atoms with E-state index in [2.05, 4.69) is 17.0 Å². The zero-order chi connectivity index (χ0) is 9.68. The molecule has 2 N–H and O–H groups in total. The Hall–Kier alpha value is 0.0700. The minimum Gasteiger partial charge on any atom is -0.317 e. The maximum absolute atomic E-state index is 11.3. The molecule has 0 heterocycles. The van der Waals surface area contributed by atoms with Crippen molar-refractivity contribution in [3.63, 3.8) is 0 Å². The van der Waals surface area contributed by atoms with Crippen LogP contribution in [0.5, 0.6) is 0 Å². The summed E-state index contributed by atoms with van der Waals surface area (Å²) in [6, 6.07) is 0.559. The fourth-order valence-electron chi connectivity index (χ4n) is 1.29. The molecule has 0 radical (unpaired) electrons. The Morgan fingerprint density at radius 2 is 2.23 bits per heavy atom. The van der Waals surface area contributed by atoms with Crippen LogP contribution in [0, 0.1) is 0 Å². The van der Waals surface area contributed by atoms with E-state index in [1.165, 1.54) is 0 Å². The minimum absolute atomic E-state index is 0.453. The second kappa shape index (κ2) is 5.73. The van der Waals surface area contributed by atoms with Gasteiger partial charge in [-0.2, -0.15) is 0 Å². The molecule has 0 saturated heterocycles. The van der Waals surface area contributed by atoms with Crippen LogP contribution >= 0.6 is 0 Å². The number of rotatable bonds is 7. The molecule has 13 heavy (non-hydrogen) atoms. The molecule has 3 nitrogen and oxygen atoms in total. The molecule has 1 rings (SSSR count). The molecule has 0 aliphatic heterocycles. The van der Waals surface area contributed by atoms with E-state index in [1.807, 2.05) is 7.05 Å². The van der Waals surface area contributed by atoms with Crippen LogP contribution in [0.1, 0.15) is 32.6 Å². The molecule has 1 aliphatic carbocycles. The molecule has 0 aromatic heterocycles. The van der Waals surface area contributed by atoms with Crippen LogP contribution in [0.2, 0.25) is 0 Å². The Labute approximate surface area is 83.3 Å². The van der Waals surface area contributed by atoms with Gasteiger partial charge in [-0.3, -0.25) is 0 Å². The molecule has 78 valence electrons. The van der Waals surface area contributed by atoms with Gasteiger partial charge in [0.15, 0.2) is 0 Å². The third-order valence-electron chi connectivity index (χ3n) is 2.47. The van der Waals surface area contributed by atoms with Crippen LogP contribution in [0.15, 0.2) is 0 Å². The van der Waals surface area contributed by atoms with Crippen LogP contribution < -0.4 is 10.0 Å². The van der Waals surface area contributed by atoms with Crippen LogP contribution in [0.3, 0.4) is 0 Å². The summed E-state index contributed by atoms with van der Waals surface area (Å²) in [6.07, 6.45) is 4.48. The third kappa shape index (κ3) is 4.20. The Morgan fingerprint density at radius 3 is 2.69 bits per heavy atom. The maximum Gasteiger partial charge on any atom is 0.0946 e. The summed E-state index contributed by atoms with van der Waals surface area (Å²) in [5, 5.41) is 3.68. The number of hydrogen-bond donors (Lipinski definition) is 2. The van der Waals surface area contributed by atoms with Crippen LogP contribution in [0.4, 0.5) is 0 Å². The van der Waals surface area contributed by atoms with Gasteiger partial charge in [0.25, 0.3) is 0 Å². The lowest BCUT2D eigenvalue weighted by Gasteiger charge is -2.13.